The first-order chi connectivity index (χ1) is 7.65. The topological polar surface area (TPSA) is 68.0 Å². The van der Waals surface area contributed by atoms with Gasteiger partial charge in [0, 0.05) is 6.07 Å². The summed E-state index contributed by atoms with van der Waals surface area (Å²) in [5.41, 5.74) is 0. The number of furan rings is 1. The van der Waals surface area contributed by atoms with E-state index in [2.05, 4.69) is 15.3 Å². The molecule has 5 nitrogen and oxygen atoms in total. The molecule has 0 radical (unpaired) electrons. The van der Waals surface area contributed by atoms with E-state index in [0.717, 1.165) is 0 Å². The fourth-order valence-electron chi connectivity index (χ4n) is 1.04. The van der Waals surface area contributed by atoms with Gasteiger partial charge in [0.05, 0.1) is 6.26 Å². The van der Waals surface area contributed by atoms with Crippen molar-refractivity contribution in [2.75, 3.05) is 5.32 Å². The van der Waals surface area contributed by atoms with Crippen LogP contribution in [0.1, 0.15) is 10.6 Å². The summed E-state index contributed by atoms with van der Waals surface area (Å²) in [7, 11) is 0. The lowest BCUT2D eigenvalue weighted by molar-refractivity contribution is 0.0996. The molecule has 0 aromatic carbocycles. The van der Waals surface area contributed by atoms with Crippen LogP contribution >= 0.6 is 23.2 Å². The molecule has 0 fully saturated rings. The Morgan fingerprint density at radius 2 is 2.19 bits per heavy atom. The zero-order valence-corrected chi connectivity index (χ0v) is 9.29. The third kappa shape index (κ3) is 2.50. The van der Waals surface area contributed by atoms with Crippen molar-refractivity contribution in [2.24, 2.45) is 0 Å². The standard InChI is InChI=1S/C9H5Cl2N3O2/c10-6-4-7(14-9(11)12-6)13-8(15)5-2-1-3-16-5/h1-4H,(H,12,13,14,15). The quantitative estimate of drug-likeness (QED) is 0.664. The van der Waals surface area contributed by atoms with Crippen molar-refractivity contribution < 1.29 is 9.21 Å². The SMILES string of the molecule is O=C(Nc1cc(Cl)nc(Cl)n1)c1ccco1. The molecular weight excluding hydrogens is 253 g/mol. The average molecular weight is 258 g/mol. The van der Waals surface area contributed by atoms with Gasteiger partial charge in [0.1, 0.15) is 11.0 Å². The van der Waals surface area contributed by atoms with Crippen LogP contribution in [-0.2, 0) is 0 Å². The van der Waals surface area contributed by atoms with Crippen LogP contribution in [0.2, 0.25) is 10.4 Å². The van der Waals surface area contributed by atoms with E-state index in [1.54, 1.807) is 6.07 Å². The van der Waals surface area contributed by atoms with Gasteiger partial charge in [-0.1, -0.05) is 11.6 Å². The molecule has 0 bridgehead atoms. The molecule has 0 atom stereocenters. The highest BCUT2D eigenvalue weighted by Crippen LogP contribution is 2.15. The Bertz CT molecular complexity index is 493. The van der Waals surface area contributed by atoms with Crippen LogP contribution in [0.25, 0.3) is 0 Å². The molecule has 0 saturated carbocycles. The molecule has 1 N–H and O–H groups in total. The molecule has 2 rings (SSSR count). The van der Waals surface area contributed by atoms with Gasteiger partial charge in [-0.05, 0) is 23.7 Å². The Morgan fingerprint density at radius 1 is 1.38 bits per heavy atom. The molecule has 2 heterocycles. The van der Waals surface area contributed by atoms with Crippen molar-refractivity contribution in [3.63, 3.8) is 0 Å². The highest BCUT2D eigenvalue weighted by Gasteiger charge is 2.10. The molecule has 0 aliphatic rings. The summed E-state index contributed by atoms with van der Waals surface area (Å²) >= 11 is 11.2. The normalized spacial score (nSPS) is 10.1. The van der Waals surface area contributed by atoms with E-state index < -0.39 is 5.91 Å². The lowest BCUT2D eigenvalue weighted by atomic mass is 10.4. The van der Waals surface area contributed by atoms with Crippen molar-refractivity contribution in [2.45, 2.75) is 0 Å². The van der Waals surface area contributed by atoms with Crippen molar-refractivity contribution in [3.05, 3.63) is 40.7 Å². The van der Waals surface area contributed by atoms with Crippen molar-refractivity contribution in [1.29, 1.82) is 0 Å². The summed E-state index contributed by atoms with van der Waals surface area (Å²) < 4.78 is 4.91. The van der Waals surface area contributed by atoms with E-state index in [9.17, 15) is 4.79 Å². The second-order valence-corrected chi connectivity index (χ2v) is 3.50. The molecule has 0 unspecified atom stereocenters. The molecule has 0 spiro atoms. The number of nitrogens with zero attached hydrogens (tertiary/aromatic N) is 2. The third-order valence-corrected chi connectivity index (χ3v) is 2.02. The summed E-state index contributed by atoms with van der Waals surface area (Å²) in [5.74, 6) is -0.0481. The maximum Gasteiger partial charge on any atom is 0.292 e. The fraction of sp³-hybridized carbons (Fsp3) is 0. The minimum absolute atomic E-state index is 0.0396. The summed E-state index contributed by atoms with van der Waals surface area (Å²) in [6.07, 6.45) is 1.40. The molecule has 16 heavy (non-hydrogen) atoms. The summed E-state index contributed by atoms with van der Waals surface area (Å²) in [6, 6.07) is 4.52. The van der Waals surface area contributed by atoms with Gasteiger partial charge >= 0.3 is 0 Å². The minimum Gasteiger partial charge on any atom is -0.459 e. The summed E-state index contributed by atoms with van der Waals surface area (Å²) in [6.45, 7) is 0. The highest BCUT2D eigenvalue weighted by molar-refractivity contribution is 6.32. The largest absolute Gasteiger partial charge is 0.459 e. The van der Waals surface area contributed by atoms with Crippen LogP contribution in [0, 0.1) is 0 Å². The monoisotopic (exact) mass is 257 g/mol. The van der Waals surface area contributed by atoms with Crippen LogP contribution in [0.15, 0.2) is 28.9 Å². The number of aromatic nitrogens is 2. The first-order valence-corrected chi connectivity index (χ1v) is 4.95. The number of anilines is 1. The van der Waals surface area contributed by atoms with E-state index >= 15 is 0 Å². The summed E-state index contributed by atoms with van der Waals surface area (Å²) in [4.78, 5) is 19.0. The molecule has 1 amide bonds. The Labute approximate surface area is 100 Å². The van der Waals surface area contributed by atoms with Crippen molar-refractivity contribution >= 4 is 34.9 Å². The van der Waals surface area contributed by atoms with Crippen LogP contribution in [0.3, 0.4) is 0 Å². The van der Waals surface area contributed by atoms with Crippen LogP contribution < -0.4 is 5.32 Å². The molecule has 7 heteroatoms. The Hall–Kier alpha value is -1.59. The second kappa shape index (κ2) is 4.51. The van der Waals surface area contributed by atoms with E-state index in [0.29, 0.717) is 0 Å². The maximum absolute atomic E-state index is 11.5. The van der Waals surface area contributed by atoms with Gasteiger partial charge in [-0.2, -0.15) is 0 Å². The number of nitrogens with one attached hydrogen (secondary N) is 1. The first kappa shape index (κ1) is 10.9. The van der Waals surface area contributed by atoms with E-state index in [1.165, 1.54) is 18.4 Å². The highest BCUT2D eigenvalue weighted by atomic mass is 35.5. The van der Waals surface area contributed by atoms with Crippen molar-refractivity contribution in [1.82, 2.24) is 9.97 Å². The molecular formula is C9H5Cl2N3O2. The van der Waals surface area contributed by atoms with Crippen LogP contribution in [-0.4, -0.2) is 15.9 Å². The summed E-state index contributed by atoms with van der Waals surface area (Å²) in [5, 5.41) is 2.58. The predicted molar refractivity (Wildman–Crippen MR) is 58.7 cm³/mol. The van der Waals surface area contributed by atoms with Crippen LogP contribution in [0.4, 0.5) is 5.82 Å². The second-order valence-electron chi connectivity index (χ2n) is 2.78. The smallest absolute Gasteiger partial charge is 0.292 e. The number of carbonyl (C=O) groups is 1. The number of hydrogen-bond acceptors (Lipinski definition) is 4. The zero-order chi connectivity index (χ0) is 11.5. The molecule has 0 aliphatic heterocycles. The molecule has 0 saturated heterocycles. The number of amides is 1. The maximum atomic E-state index is 11.5. The average Bonchev–Trinajstić information content (AvgIpc) is 2.68. The van der Waals surface area contributed by atoms with Gasteiger partial charge in [-0.15, -0.1) is 0 Å². The fourth-order valence-corrected chi connectivity index (χ4v) is 1.45. The van der Waals surface area contributed by atoms with Gasteiger partial charge in [0.15, 0.2) is 5.76 Å². The lowest BCUT2D eigenvalue weighted by Crippen LogP contribution is -2.12. The first-order valence-electron chi connectivity index (χ1n) is 4.20. The lowest BCUT2D eigenvalue weighted by Gasteiger charge is -2.02. The third-order valence-electron chi connectivity index (χ3n) is 1.65. The number of hydrogen-bond donors (Lipinski definition) is 1. The van der Waals surface area contributed by atoms with Crippen molar-refractivity contribution in [3.8, 4) is 0 Å². The number of rotatable bonds is 2. The van der Waals surface area contributed by atoms with Gasteiger partial charge in [0.2, 0.25) is 5.28 Å². The number of carbonyl (C=O) groups excluding carboxylic acids is 1. The number of halogens is 2. The molecule has 82 valence electrons. The van der Waals surface area contributed by atoms with Gasteiger partial charge in [0.25, 0.3) is 5.91 Å². The predicted octanol–water partition coefficient (Wildman–Crippen LogP) is 2.63. The van der Waals surface area contributed by atoms with E-state index in [4.69, 9.17) is 27.6 Å². The van der Waals surface area contributed by atoms with Gasteiger partial charge in [-0.25, -0.2) is 9.97 Å². The molecule has 2 aromatic heterocycles. The van der Waals surface area contributed by atoms with E-state index in [1.807, 2.05) is 0 Å². The molecule has 2 aromatic rings. The Balaban J connectivity index is 2.18. The molecule has 0 aliphatic carbocycles. The minimum atomic E-state index is -0.434. The zero-order valence-electron chi connectivity index (χ0n) is 7.78. The van der Waals surface area contributed by atoms with E-state index in [-0.39, 0.29) is 22.0 Å². The Morgan fingerprint density at radius 3 is 2.81 bits per heavy atom. The Kier molecular flexibility index (Phi) is 3.07. The van der Waals surface area contributed by atoms with Gasteiger partial charge < -0.3 is 9.73 Å². The van der Waals surface area contributed by atoms with Crippen LogP contribution in [0.5, 0.6) is 0 Å². The van der Waals surface area contributed by atoms with Gasteiger partial charge in [-0.3, -0.25) is 4.79 Å².